The Morgan fingerprint density at radius 3 is 2.53 bits per heavy atom. The van der Waals surface area contributed by atoms with Gasteiger partial charge < -0.3 is 14.4 Å². The van der Waals surface area contributed by atoms with Crippen molar-refractivity contribution in [3.05, 3.63) is 104 Å². The molecule has 0 saturated heterocycles. The van der Waals surface area contributed by atoms with Crippen LogP contribution in [0, 0.1) is 11.7 Å². The van der Waals surface area contributed by atoms with Gasteiger partial charge in [0.2, 0.25) is 5.91 Å². The fourth-order valence-corrected chi connectivity index (χ4v) is 5.99. The Labute approximate surface area is 321 Å². The first kappa shape index (κ1) is 17.7. The van der Waals surface area contributed by atoms with Gasteiger partial charge >= 0.3 is 6.18 Å². The predicted molar refractivity (Wildman–Crippen MR) is 187 cm³/mol. The maximum Gasteiger partial charge on any atom is 0.412 e. The highest BCUT2D eigenvalue weighted by Crippen LogP contribution is 2.40. The molecule has 1 aromatic carbocycles. The van der Waals surface area contributed by atoms with Gasteiger partial charge in [-0.2, -0.15) is 18.2 Å². The highest BCUT2D eigenvalue weighted by atomic mass is 32.2. The Hall–Kier alpha value is -3.44. The number of aromatic nitrogens is 2. The van der Waals surface area contributed by atoms with Crippen LogP contribution in [0.2, 0.25) is 0 Å². The number of hydrogen-bond donors (Lipinski definition) is 0. The van der Waals surface area contributed by atoms with Crippen LogP contribution in [0.3, 0.4) is 0 Å². The molecule has 5 rings (SSSR count). The molecular weight excluding hydrogens is 653 g/mol. The van der Waals surface area contributed by atoms with Gasteiger partial charge in [-0.15, -0.1) is 0 Å². The van der Waals surface area contributed by atoms with E-state index in [1.165, 1.54) is 0 Å². The zero-order valence-electron chi connectivity index (χ0n) is 48.7. The smallest absolute Gasteiger partial charge is 0.336 e. The van der Waals surface area contributed by atoms with Crippen LogP contribution in [-0.2, 0) is 23.4 Å². The minimum Gasteiger partial charge on any atom is -0.336 e. The van der Waals surface area contributed by atoms with Gasteiger partial charge in [0.1, 0.15) is 11.8 Å². The molecule has 0 bridgehead atoms. The lowest BCUT2D eigenvalue weighted by Crippen LogP contribution is -2.43. The number of carbonyl (C=O) groups excluding carboxylic acids is 1. The number of halogens is 4. The number of alkyl halides is 3. The van der Waals surface area contributed by atoms with Crippen molar-refractivity contribution >= 4 is 17.7 Å². The summed E-state index contributed by atoms with van der Waals surface area (Å²) < 4.78 is 250. The molecular formula is C38H46F4N4O2S. The van der Waals surface area contributed by atoms with E-state index in [1.54, 1.807) is 0 Å². The highest BCUT2D eigenvalue weighted by molar-refractivity contribution is 7.98. The van der Waals surface area contributed by atoms with Gasteiger partial charge in [-0.05, 0) is 93.1 Å². The molecule has 264 valence electrons. The first-order valence-electron chi connectivity index (χ1n) is 26.1. The average molecular weight is 721 g/mol. The molecule has 1 aromatic heterocycles. The minimum atomic E-state index is -5.22. The van der Waals surface area contributed by atoms with Gasteiger partial charge in [-0.25, -0.2) is 4.39 Å². The third-order valence-electron chi connectivity index (χ3n) is 7.45. The number of likely N-dealkylation sites (N-methyl/N-ethyl adjacent to an activating group) is 1. The third-order valence-corrected chi connectivity index (χ3v) is 8.41. The van der Waals surface area contributed by atoms with Gasteiger partial charge in [-0.3, -0.25) is 9.59 Å². The Morgan fingerprint density at radius 2 is 1.84 bits per heavy atom. The molecule has 0 spiro atoms. The van der Waals surface area contributed by atoms with Crippen LogP contribution in [0.1, 0.15) is 106 Å². The van der Waals surface area contributed by atoms with Crippen LogP contribution in [-0.4, -0.2) is 63.9 Å². The fraction of sp³-hybridized carbons (Fsp3) is 0.500. The van der Waals surface area contributed by atoms with E-state index < -0.39 is 179 Å². The Kier molecular flexibility index (Phi) is 5.79. The molecule has 6 nitrogen and oxygen atoms in total. The normalized spacial score (nSPS) is 32.3. The van der Waals surface area contributed by atoms with Gasteiger partial charge in [-0.1, -0.05) is 74.4 Å². The highest BCUT2D eigenvalue weighted by Gasteiger charge is 2.38. The predicted octanol–water partition coefficient (Wildman–Crippen LogP) is 8.00. The van der Waals surface area contributed by atoms with Crippen LogP contribution in [0.4, 0.5) is 17.6 Å². The van der Waals surface area contributed by atoms with Crippen LogP contribution < -0.4 is 5.56 Å². The van der Waals surface area contributed by atoms with Gasteiger partial charge in [0.15, 0.2) is 5.16 Å². The van der Waals surface area contributed by atoms with Crippen molar-refractivity contribution in [3.8, 4) is 0 Å². The summed E-state index contributed by atoms with van der Waals surface area (Å²) in [5.74, 6) is -6.30. The summed E-state index contributed by atoms with van der Waals surface area (Å²) in [6.45, 7) is -16.8. The monoisotopic (exact) mass is 720 g/mol. The second-order valence-corrected chi connectivity index (χ2v) is 11.6. The SMILES string of the molecule is [2H]C1=C(C2=C([2H])C([2H])=C(C(F)(F)F)C(C)C2[2H])C([2H])C([2H])C(C([2H])([2H])N(C(=O)C([2H])(C)n2c(SCc3c([2H])c([2H])c(F)c([2H])c3[2H])nc(=O)c3c2CCC3)C([2H])([2H])C([2H])([2H])N(C([2H])([2H])C)C([2H])([2H])C)=C1[2H]. The molecule has 11 heteroatoms. The van der Waals surface area contributed by atoms with E-state index in [-0.39, 0.29) is 35.4 Å². The lowest BCUT2D eigenvalue weighted by molar-refractivity contribution is -0.134. The summed E-state index contributed by atoms with van der Waals surface area (Å²) in [5, 5.41) is -0.658. The summed E-state index contributed by atoms with van der Waals surface area (Å²) >= 11 is 0.389. The summed E-state index contributed by atoms with van der Waals surface area (Å²) in [6.07, 6.45) is -12.6. The van der Waals surface area contributed by atoms with Crippen LogP contribution in [0.25, 0.3) is 0 Å². The maximum atomic E-state index is 15.5. The molecule has 1 amide bonds. The van der Waals surface area contributed by atoms with E-state index in [4.69, 9.17) is 23.3 Å². The second-order valence-electron chi connectivity index (χ2n) is 10.7. The van der Waals surface area contributed by atoms with Crippen molar-refractivity contribution in [3.63, 3.8) is 0 Å². The van der Waals surface area contributed by atoms with E-state index in [0.29, 0.717) is 37.1 Å². The minimum absolute atomic E-state index is 0.0303. The summed E-state index contributed by atoms with van der Waals surface area (Å²) in [7, 11) is 0. The molecule has 1 heterocycles. The number of fused-ring (bicyclic) bond motifs is 1. The van der Waals surface area contributed by atoms with Crippen molar-refractivity contribution in [1.82, 2.24) is 19.4 Å². The lowest BCUT2D eigenvalue weighted by Gasteiger charge is -2.32. The van der Waals surface area contributed by atoms with E-state index in [2.05, 4.69) is 4.98 Å². The summed E-state index contributed by atoms with van der Waals surface area (Å²) in [6, 6.07) is -12.9. The van der Waals surface area contributed by atoms with E-state index >= 15 is 4.79 Å². The number of benzene rings is 1. The molecule has 0 saturated carbocycles. The molecule has 0 aliphatic heterocycles. The van der Waals surface area contributed by atoms with Crippen molar-refractivity contribution < 1.29 is 52.5 Å². The quantitative estimate of drug-likeness (QED) is 0.119. The number of thioether (sulfide) groups is 1. The fourth-order valence-electron chi connectivity index (χ4n) is 5.05. The number of amides is 1. The van der Waals surface area contributed by atoms with Crippen molar-refractivity contribution in [2.75, 3.05) is 32.5 Å². The third kappa shape index (κ3) is 8.84. The zero-order valence-corrected chi connectivity index (χ0v) is 27.5. The number of carbonyl (C=O) groups is 1. The molecule has 2 aromatic rings. The average Bonchev–Trinajstić information content (AvgIpc) is 3.70. The molecule has 0 fully saturated rings. The van der Waals surface area contributed by atoms with Crippen LogP contribution >= 0.6 is 11.8 Å². The molecule has 5 atom stereocenters. The van der Waals surface area contributed by atoms with Crippen molar-refractivity contribution in [2.45, 2.75) is 89.3 Å². The molecule has 5 unspecified atom stereocenters. The topological polar surface area (TPSA) is 58.4 Å². The Morgan fingerprint density at radius 1 is 1.12 bits per heavy atom. The van der Waals surface area contributed by atoms with Crippen molar-refractivity contribution in [2.24, 2.45) is 5.92 Å². The molecule has 3 aliphatic carbocycles. The first-order chi connectivity index (χ1) is 32.0. The van der Waals surface area contributed by atoms with Gasteiger partial charge in [0.25, 0.3) is 5.56 Å². The molecule has 0 radical (unpaired) electrons. The second kappa shape index (κ2) is 16.1. The largest absolute Gasteiger partial charge is 0.412 e. The number of nitrogens with zero attached hydrogens (tertiary/aromatic N) is 4. The molecule has 0 N–H and O–H groups in total. The van der Waals surface area contributed by atoms with Crippen molar-refractivity contribution in [1.29, 1.82) is 0 Å². The van der Waals surface area contributed by atoms with Gasteiger partial charge in [0, 0.05) is 54.4 Å². The summed E-state index contributed by atoms with van der Waals surface area (Å²) in [5.41, 5.74) is -6.64. The van der Waals surface area contributed by atoms with Crippen LogP contribution in [0.5, 0.6) is 0 Å². The summed E-state index contributed by atoms with van der Waals surface area (Å²) in [4.78, 5) is 31.9. The lowest BCUT2D eigenvalue weighted by atomic mass is 9.82. The van der Waals surface area contributed by atoms with Gasteiger partial charge in [0.05, 0.1) is 17.8 Å². The van der Waals surface area contributed by atoms with E-state index in [1.807, 2.05) is 0 Å². The zero-order chi connectivity index (χ0) is 54.8. The van der Waals surface area contributed by atoms with Crippen LogP contribution in [0.15, 0.2) is 80.6 Å². The Bertz CT molecular complexity index is 2700. The standard InChI is InChI=1S/C38H46F4N4O2S/c1-5-44(6-2)20-21-45(23-27-10-14-29(15-11-27)30-16-19-33(25(3)22-30)38(40,41)42)36(48)26(4)46-34-9-7-8-32(34)35(47)43-37(46)49-24-28-12-17-31(39)18-13-28/h10,12-14,16-19,25-26H,5-9,11,15,20-24H2,1-4H3/i5D2,6D2,10D,11D,12D,13D,14D,15D,16D,17D,18D,19D,20D2,21D2,22D,23D2,26D. The maximum absolute atomic E-state index is 15.5. The first-order valence-corrected chi connectivity index (χ1v) is 15.8. The van der Waals surface area contributed by atoms with E-state index in [9.17, 15) is 29.2 Å². The Balaban J connectivity index is 1.86. The number of rotatable bonds is 13. The molecule has 3 aliphatic rings. The van der Waals surface area contributed by atoms with E-state index in [0.717, 1.165) is 6.92 Å². The number of hydrogen-bond acceptors (Lipinski definition) is 5. The number of allylic oxidation sites excluding steroid dienone is 7. The molecule has 49 heavy (non-hydrogen) atoms.